The summed E-state index contributed by atoms with van der Waals surface area (Å²) in [4.78, 5) is 18.5. The van der Waals surface area contributed by atoms with Crippen molar-refractivity contribution in [1.29, 1.82) is 0 Å². The number of rotatable bonds is 2. The van der Waals surface area contributed by atoms with Crippen LogP contribution in [-0.4, -0.2) is 34.3 Å². The van der Waals surface area contributed by atoms with Crippen molar-refractivity contribution in [3.05, 3.63) is 29.6 Å². The molecule has 0 saturated carbocycles. The predicted octanol–water partition coefficient (Wildman–Crippen LogP) is 2.48. The fourth-order valence-electron chi connectivity index (χ4n) is 2.30. The standard InChI is InChI=1S/C13H17ClN2O/c1-9-6-7-16(12(9)8-14)13(17)11-5-3-4-10(2)15-11/h3-5,9,12H,6-8H2,1-2H3. The van der Waals surface area contributed by atoms with E-state index in [4.69, 9.17) is 11.6 Å². The van der Waals surface area contributed by atoms with E-state index >= 15 is 0 Å². The second-order valence-electron chi connectivity index (χ2n) is 4.65. The summed E-state index contributed by atoms with van der Waals surface area (Å²) < 4.78 is 0. The maximum atomic E-state index is 12.3. The molecule has 2 unspecified atom stereocenters. The van der Waals surface area contributed by atoms with E-state index in [1.54, 1.807) is 6.07 Å². The first-order chi connectivity index (χ1) is 8.13. The minimum atomic E-state index is 0.00343. The lowest BCUT2D eigenvalue weighted by molar-refractivity contribution is 0.0731. The van der Waals surface area contributed by atoms with Gasteiger partial charge in [-0.05, 0) is 31.4 Å². The highest BCUT2D eigenvalue weighted by Gasteiger charge is 2.34. The Morgan fingerprint density at radius 1 is 1.59 bits per heavy atom. The lowest BCUT2D eigenvalue weighted by atomic mass is 10.0. The van der Waals surface area contributed by atoms with Gasteiger partial charge < -0.3 is 4.90 Å². The summed E-state index contributed by atoms with van der Waals surface area (Å²) in [7, 11) is 0. The van der Waals surface area contributed by atoms with Crippen molar-refractivity contribution in [2.24, 2.45) is 5.92 Å². The smallest absolute Gasteiger partial charge is 0.272 e. The molecule has 0 radical (unpaired) electrons. The van der Waals surface area contributed by atoms with Crippen molar-refractivity contribution in [2.75, 3.05) is 12.4 Å². The molecule has 1 fully saturated rings. The van der Waals surface area contributed by atoms with Crippen LogP contribution in [0.25, 0.3) is 0 Å². The van der Waals surface area contributed by atoms with Crippen molar-refractivity contribution in [3.63, 3.8) is 0 Å². The van der Waals surface area contributed by atoms with Gasteiger partial charge in [-0.2, -0.15) is 0 Å². The van der Waals surface area contributed by atoms with Gasteiger partial charge in [-0.25, -0.2) is 4.98 Å². The zero-order valence-corrected chi connectivity index (χ0v) is 10.9. The molecule has 1 aliphatic rings. The maximum Gasteiger partial charge on any atom is 0.272 e. The van der Waals surface area contributed by atoms with Crippen LogP contribution in [0.3, 0.4) is 0 Å². The summed E-state index contributed by atoms with van der Waals surface area (Å²) in [5, 5.41) is 0. The molecule has 1 aromatic rings. The first-order valence-electron chi connectivity index (χ1n) is 5.94. The van der Waals surface area contributed by atoms with Crippen molar-refractivity contribution in [1.82, 2.24) is 9.88 Å². The van der Waals surface area contributed by atoms with Gasteiger partial charge >= 0.3 is 0 Å². The summed E-state index contributed by atoms with van der Waals surface area (Å²) in [5.41, 5.74) is 1.39. The third kappa shape index (κ3) is 2.44. The highest BCUT2D eigenvalue weighted by molar-refractivity contribution is 6.18. The van der Waals surface area contributed by atoms with Gasteiger partial charge in [-0.1, -0.05) is 13.0 Å². The lowest BCUT2D eigenvalue weighted by Crippen LogP contribution is -2.39. The fraction of sp³-hybridized carbons (Fsp3) is 0.538. The number of aryl methyl sites for hydroxylation is 1. The van der Waals surface area contributed by atoms with Crippen LogP contribution in [0.2, 0.25) is 0 Å². The summed E-state index contributed by atoms with van der Waals surface area (Å²) in [5.74, 6) is 0.976. The normalized spacial score (nSPS) is 24.1. The molecule has 2 heterocycles. The molecule has 0 aromatic carbocycles. The zero-order valence-electron chi connectivity index (χ0n) is 10.2. The fourth-order valence-corrected chi connectivity index (χ4v) is 2.78. The molecule has 17 heavy (non-hydrogen) atoms. The topological polar surface area (TPSA) is 33.2 Å². The number of halogens is 1. The third-order valence-electron chi connectivity index (χ3n) is 3.41. The van der Waals surface area contributed by atoms with Gasteiger partial charge in [-0.3, -0.25) is 4.79 Å². The number of alkyl halides is 1. The molecule has 92 valence electrons. The van der Waals surface area contributed by atoms with Crippen molar-refractivity contribution >= 4 is 17.5 Å². The Morgan fingerprint density at radius 3 is 3.00 bits per heavy atom. The quantitative estimate of drug-likeness (QED) is 0.758. The van der Waals surface area contributed by atoms with Crippen LogP contribution in [0, 0.1) is 12.8 Å². The Balaban J connectivity index is 2.20. The molecular formula is C13H17ClN2O. The molecule has 2 atom stereocenters. The van der Waals surface area contributed by atoms with Crippen LogP contribution in [-0.2, 0) is 0 Å². The Bertz CT molecular complexity index is 422. The van der Waals surface area contributed by atoms with Crippen molar-refractivity contribution < 1.29 is 4.79 Å². The highest BCUT2D eigenvalue weighted by Crippen LogP contribution is 2.26. The van der Waals surface area contributed by atoms with Gasteiger partial charge in [0, 0.05) is 24.2 Å². The number of carbonyl (C=O) groups excluding carboxylic acids is 1. The van der Waals surface area contributed by atoms with E-state index in [0.717, 1.165) is 18.7 Å². The number of pyridine rings is 1. The summed E-state index contributed by atoms with van der Waals surface area (Å²) >= 11 is 5.95. The number of carbonyl (C=O) groups is 1. The monoisotopic (exact) mass is 252 g/mol. The zero-order chi connectivity index (χ0) is 12.4. The second-order valence-corrected chi connectivity index (χ2v) is 4.96. The van der Waals surface area contributed by atoms with E-state index in [9.17, 15) is 4.79 Å². The molecule has 2 rings (SSSR count). The van der Waals surface area contributed by atoms with E-state index in [1.807, 2.05) is 24.0 Å². The van der Waals surface area contributed by atoms with Crippen molar-refractivity contribution in [2.45, 2.75) is 26.3 Å². The molecule has 0 aliphatic carbocycles. The number of amides is 1. The molecule has 1 saturated heterocycles. The van der Waals surface area contributed by atoms with Crippen LogP contribution in [0.5, 0.6) is 0 Å². The van der Waals surface area contributed by atoms with Gasteiger partial charge in [0.1, 0.15) is 5.69 Å². The first-order valence-corrected chi connectivity index (χ1v) is 6.47. The molecule has 1 aromatic heterocycles. The minimum absolute atomic E-state index is 0.00343. The Kier molecular flexibility index (Phi) is 3.67. The minimum Gasteiger partial charge on any atom is -0.333 e. The van der Waals surface area contributed by atoms with Crippen molar-refractivity contribution in [3.8, 4) is 0 Å². The largest absolute Gasteiger partial charge is 0.333 e. The first kappa shape index (κ1) is 12.4. The summed E-state index contributed by atoms with van der Waals surface area (Å²) in [6, 6.07) is 5.67. The number of likely N-dealkylation sites (tertiary alicyclic amines) is 1. The van der Waals surface area contributed by atoms with Gasteiger partial charge in [0.15, 0.2) is 0 Å². The number of hydrogen-bond acceptors (Lipinski definition) is 2. The lowest BCUT2D eigenvalue weighted by Gasteiger charge is -2.24. The van der Waals surface area contributed by atoms with Crippen LogP contribution < -0.4 is 0 Å². The average molecular weight is 253 g/mol. The Morgan fingerprint density at radius 2 is 2.35 bits per heavy atom. The summed E-state index contributed by atoms with van der Waals surface area (Å²) in [6.07, 6.45) is 1.02. The van der Waals surface area contributed by atoms with E-state index in [1.165, 1.54) is 0 Å². The molecular weight excluding hydrogens is 236 g/mol. The number of nitrogens with zero attached hydrogens (tertiary/aromatic N) is 2. The average Bonchev–Trinajstić information content (AvgIpc) is 2.69. The number of aromatic nitrogens is 1. The Labute approximate surface area is 107 Å². The van der Waals surface area contributed by atoms with Crippen LogP contribution in [0.4, 0.5) is 0 Å². The predicted molar refractivity (Wildman–Crippen MR) is 68.3 cm³/mol. The highest BCUT2D eigenvalue weighted by atomic mass is 35.5. The molecule has 1 aliphatic heterocycles. The van der Waals surface area contributed by atoms with E-state index < -0.39 is 0 Å². The van der Waals surface area contributed by atoms with Gasteiger partial charge in [-0.15, -0.1) is 11.6 Å². The van der Waals surface area contributed by atoms with E-state index in [2.05, 4.69) is 11.9 Å². The van der Waals surface area contributed by atoms with Gasteiger partial charge in [0.25, 0.3) is 5.91 Å². The van der Waals surface area contributed by atoms with E-state index in [0.29, 0.717) is 17.5 Å². The third-order valence-corrected chi connectivity index (χ3v) is 3.73. The summed E-state index contributed by atoms with van der Waals surface area (Å²) in [6.45, 7) is 4.82. The molecule has 0 bridgehead atoms. The molecule has 0 spiro atoms. The number of hydrogen-bond donors (Lipinski definition) is 0. The van der Waals surface area contributed by atoms with Crippen LogP contribution >= 0.6 is 11.6 Å². The molecule has 0 N–H and O–H groups in total. The van der Waals surface area contributed by atoms with E-state index in [-0.39, 0.29) is 11.9 Å². The second kappa shape index (κ2) is 5.05. The molecule has 4 heteroatoms. The van der Waals surface area contributed by atoms with Crippen LogP contribution in [0.1, 0.15) is 29.5 Å². The Hall–Kier alpha value is -1.09. The maximum absolute atomic E-state index is 12.3. The molecule has 1 amide bonds. The SMILES string of the molecule is Cc1cccc(C(=O)N2CCC(C)C2CCl)n1. The molecule has 3 nitrogen and oxygen atoms in total. The van der Waals surface area contributed by atoms with Gasteiger partial charge in [0.05, 0.1) is 0 Å². The van der Waals surface area contributed by atoms with Crippen LogP contribution in [0.15, 0.2) is 18.2 Å². The van der Waals surface area contributed by atoms with Gasteiger partial charge in [0.2, 0.25) is 0 Å².